The van der Waals surface area contributed by atoms with Crippen LogP contribution in [0.3, 0.4) is 0 Å². The maximum Gasteiger partial charge on any atom is 0.279 e. The van der Waals surface area contributed by atoms with Gasteiger partial charge in [0.15, 0.2) is 0 Å². The lowest BCUT2D eigenvalue weighted by atomic mass is 9.95. The highest BCUT2D eigenvalue weighted by molar-refractivity contribution is 6.72. The molecule has 3 heterocycles. The van der Waals surface area contributed by atoms with Gasteiger partial charge in [-0.15, -0.1) is 5.10 Å². The zero-order valence-electron chi connectivity index (χ0n) is 25.4. The Morgan fingerprint density at radius 3 is 2.43 bits per heavy atom. The summed E-state index contributed by atoms with van der Waals surface area (Å²) >= 11 is 0. The Balaban J connectivity index is 1.09. The van der Waals surface area contributed by atoms with E-state index in [4.69, 9.17) is 4.74 Å². The molecule has 0 saturated carbocycles. The lowest BCUT2D eigenvalue weighted by Crippen LogP contribution is -2.36. The van der Waals surface area contributed by atoms with E-state index in [0.717, 1.165) is 40.9 Å². The predicted molar refractivity (Wildman–Crippen MR) is 172 cm³/mol. The van der Waals surface area contributed by atoms with Crippen LogP contribution in [0.4, 0.5) is 4.11 Å². The summed E-state index contributed by atoms with van der Waals surface area (Å²) in [5.41, 5.74) is 4.28. The van der Waals surface area contributed by atoms with Crippen molar-refractivity contribution in [1.82, 2.24) is 24.8 Å². The number of aryl methyl sites for hydroxylation is 2. The second kappa shape index (κ2) is 12.6. The molecule has 0 aliphatic carbocycles. The summed E-state index contributed by atoms with van der Waals surface area (Å²) in [5, 5.41) is 22.5. The minimum atomic E-state index is -3.01. The number of fused-ring (bicyclic) bond motifs is 1. The molecule has 0 amide bonds. The normalized spacial score (nSPS) is 21.2. The number of hydrogen-bond donors (Lipinski definition) is 2. The molecule has 1 unspecified atom stereocenters. The number of aromatic amines is 1. The van der Waals surface area contributed by atoms with E-state index in [1.54, 1.807) is 22.5 Å². The highest BCUT2D eigenvalue weighted by Gasteiger charge is 2.50. The number of aliphatic hydroxyl groups excluding tert-OH is 1. The van der Waals surface area contributed by atoms with Crippen molar-refractivity contribution in [3.63, 3.8) is 0 Å². The molecule has 10 heteroatoms. The van der Waals surface area contributed by atoms with Gasteiger partial charge in [-0.3, -0.25) is 14.6 Å². The summed E-state index contributed by atoms with van der Waals surface area (Å²) in [7, 11) is -3.01. The van der Waals surface area contributed by atoms with E-state index < -0.39 is 8.41 Å². The number of benzene rings is 3. The highest BCUT2D eigenvalue weighted by atomic mass is 28.4. The summed E-state index contributed by atoms with van der Waals surface area (Å²) in [5.74, 6) is -0.126. The summed E-state index contributed by atoms with van der Waals surface area (Å²) in [4.78, 5) is 12.8. The Morgan fingerprint density at radius 1 is 1.00 bits per heavy atom. The van der Waals surface area contributed by atoms with Gasteiger partial charge in [0.05, 0.1) is 47.0 Å². The number of nitrogens with one attached hydrogen (secondary N) is 1. The lowest BCUT2D eigenvalue weighted by Gasteiger charge is -2.28. The van der Waals surface area contributed by atoms with Crippen LogP contribution in [0.2, 0.25) is 18.6 Å². The number of rotatable bonds is 11. The second-order valence-electron chi connectivity index (χ2n) is 12.5. The monoisotopic (exact) mass is 613 g/mol. The van der Waals surface area contributed by atoms with Crippen LogP contribution in [-0.2, 0) is 17.7 Å². The number of aromatic nitrogens is 5. The number of H-pyrrole nitrogens is 1. The Morgan fingerprint density at radius 2 is 1.73 bits per heavy atom. The molecule has 2 N–H and O–H groups in total. The third-order valence-corrected chi connectivity index (χ3v) is 11.6. The van der Waals surface area contributed by atoms with Crippen molar-refractivity contribution in [2.75, 3.05) is 6.61 Å². The molecule has 1 aliphatic heterocycles. The summed E-state index contributed by atoms with van der Waals surface area (Å²) < 4.78 is 25.6. The van der Waals surface area contributed by atoms with Crippen LogP contribution in [0.1, 0.15) is 42.5 Å². The molecule has 1 saturated heterocycles. The molecule has 2 aromatic heterocycles. The zero-order chi connectivity index (χ0) is 30.8. The van der Waals surface area contributed by atoms with Gasteiger partial charge >= 0.3 is 0 Å². The van der Waals surface area contributed by atoms with Crippen molar-refractivity contribution in [3.8, 4) is 5.69 Å². The number of aliphatic hydroxyl groups is 1. The Kier molecular flexibility index (Phi) is 8.66. The van der Waals surface area contributed by atoms with E-state index >= 15 is 4.11 Å². The Labute approximate surface area is 257 Å². The first-order valence-corrected chi connectivity index (χ1v) is 18.4. The third kappa shape index (κ3) is 6.20. The van der Waals surface area contributed by atoms with Gasteiger partial charge in [0.2, 0.25) is 8.41 Å². The van der Waals surface area contributed by atoms with E-state index in [9.17, 15) is 9.90 Å². The van der Waals surface area contributed by atoms with Gasteiger partial charge in [-0.2, -0.15) is 0 Å². The number of ether oxygens (including phenoxy) is 1. The van der Waals surface area contributed by atoms with Crippen LogP contribution in [0.25, 0.3) is 16.6 Å². The maximum absolute atomic E-state index is 15.7. The molecule has 0 radical (unpaired) electrons. The fourth-order valence-electron chi connectivity index (χ4n) is 6.91. The molecule has 5 atom stereocenters. The molecule has 1 aliphatic rings. The van der Waals surface area contributed by atoms with Crippen molar-refractivity contribution in [3.05, 3.63) is 112 Å². The van der Waals surface area contributed by atoms with Crippen molar-refractivity contribution in [2.45, 2.75) is 69.5 Å². The summed E-state index contributed by atoms with van der Waals surface area (Å²) in [6.45, 7) is 6.23. The van der Waals surface area contributed by atoms with Crippen LogP contribution < -0.4 is 5.56 Å². The van der Waals surface area contributed by atoms with E-state index in [-0.39, 0.29) is 41.8 Å². The first kappa shape index (κ1) is 30.2. The van der Waals surface area contributed by atoms with Crippen LogP contribution in [-0.4, -0.2) is 57.1 Å². The molecule has 8 nitrogen and oxygen atoms in total. The molecule has 0 bridgehead atoms. The SMILES string of the molecule is C[C@H]1[C@H]([Si](C)(C)F)[C@@H](CCn2cc(C(CO)c3ccccc3)nn2)O[C@H]1CCc1ccc(-n2[nH]c3ccccc3c2=O)cc1. The smallest absolute Gasteiger partial charge is 0.279 e. The van der Waals surface area contributed by atoms with Crippen LogP contribution >= 0.6 is 0 Å². The quantitative estimate of drug-likeness (QED) is 0.141. The van der Waals surface area contributed by atoms with Crippen molar-refractivity contribution < 1.29 is 14.0 Å². The van der Waals surface area contributed by atoms with Crippen LogP contribution in [0.5, 0.6) is 0 Å². The van der Waals surface area contributed by atoms with Gasteiger partial charge in [-0.25, -0.2) is 4.68 Å². The molecule has 5 aromatic rings. The second-order valence-corrected chi connectivity index (χ2v) is 16.3. The van der Waals surface area contributed by atoms with E-state index in [1.807, 2.05) is 85.1 Å². The fraction of sp³-hybridized carbons (Fsp3) is 0.382. The van der Waals surface area contributed by atoms with Crippen molar-refractivity contribution >= 4 is 19.3 Å². The molecule has 230 valence electrons. The predicted octanol–water partition coefficient (Wildman–Crippen LogP) is 6.01. The largest absolute Gasteiger partial charge is 0.395 e. The number of para-hydroxylation sites is 1. The molecule has 0 spiro atoms. The van der Waals surface area contributed by atoms with Gasteiger partial charge in [0.25, 0.3) is 5.56 Å². The standard InChI is InChI=1S/C34H40FN5O3Si/c1-23-31(18-15-24-13-16-26(17-14-24)40-34(42)27-11-7-8-12-29(27)37-40)43-32(33(23)44(2,3)35)19-20-39-21-30(36-38-39)28(22-41)25-9-5-4-6-10-25/h4-14,16-17,21,23,28,31-33,37,41H,15,18-20,22H2,1-3H3/t23-,28?,31+,32-,33+/m1/s1. The van der Waals surface area contributed by atoms with E-state index in [1.165, 1.54) is 0 Å². The van der Waals surface area contributed by atoms with E-state index in [0.29, 0.717) is 18.4 Å². The molecular formula is C34H40FN5O3Si. The van der Waals surface area contributed by atoms with Gasteiger partial charge in [0.1, 0.15) is 0 Å². The molecule has 3 aromatic carbocycles. The van der Waals surface area contributed by atoms with Crippen LogP contribution in [0, 0.1) is 5.92 Å². The van der Waals surface area contributed by atoms with Gasteiger partial charge < -0.3 is 14.0 Å². The Hall–Kier alpha value is -3.86. The zero-order valence-corrected chi connectivity index (χ0v) is 26.4. The third-order valence-electron chi connectivity index (χ3n) is 9.14. The number of halogens is 1. The van der Waals surface area contributed by atoms with Crippen molar-refractivity contribution in [2.24, 2.45) is 5.92 Å². The minimum Gasteiger partial charge on any atom is -0.395 e. The van der Waals surface area contributed by atoms with E-state index in [2.05, 4.69) is 22.3 Å². The first-order valence-electron chi connectivity index (χ1n) is 15.4. The molecule has 6 rings (SSSR count). The summed E-state index contributed by atoms with van der Waals surface area (Å²) in [6, 6.07) is 25.3. The van der Waals surface area contributed by atoms with Crippen LogP contribution in [0.15, 0.2) is 89.9 Å². The number of hydrogen-bond acceptors (Lipinski definition) is 5. The lowest BCUT2D eigenvalue weighted by molar-refractivity contribution is 0.0247. The average molecular weight is 614 g/mol. The summed E-state index contributed by atoms with van der Waals surface area (Å²) in [6.07, 6.45) is 3.91. The van der Waals surface area contributed by atoms with Gasteiger partial charge in [-0.05, 0) is 73.7 Å². The highest BCUT2D eigenvalue weighted by Crippen LogP contribution is 2.47. The minimum absolute atomic E-state index is 0.0355. The topological polar surface area (TPSA) is 98.0 Å². The first-order chi connectivity index (χ1) is 21.2. The fourth-order valence-corrected chi connectivity index (χ4v) is 9.50. The number of nitrogens with zero attached hydrogens (tertiary/aromatic N) is 4. The Bertz CT molecular complexity index is 1740. The maximum atomic E-state index is 15.7. The van der Waals surface area contributed by atoms with Crippen molar-refractivity contribution in [1.29, 1.82) is 0 Å². The van der Waals surface area contributed by atoms with Gasteiger partial charge in [-0.1, -0.05) is 66.7 Å². The average Bonchev–Trinajstić information content (AvgIpc) is 3.72. The molecule has 44 heavy (non-hydrogen) atoms. The molecule has 1 fully saturated rings. The molecular weight excluding hydrogens is 573 g/mol. The van der Waals surface area contributed by atoms with Gasteiger partial charge in [0, 0.05) is 18.3 Å².